The number of aromatic nitrogens is 4. The van der Waals surface area contributed by atoms with E-state index in [1.54, 1.807) is 45.2 Å². The lowest BCUT2D eigenvalue weighted by Crippen LogP contribution is -2.37. The Labute approximate surface area is 168 Å². The van der Waals surface area contributed by atoms with Crippen LogP contribution in [0.25, 0.3) is 27.7 Å². The van der Waals surface area contributed by atoms with E-state index in [9.17, 15) is 13.2 Å². The molecule has 0 saturated carbocycles. The number of hydrogen-bond donors (Lipinski definition) is 2. The van der Waals surface area contributed by atoms with Crippen LogP contribution in [0.15, 0.2) is 36.5 Å². The quantitative estimate of drug-likeness (QED) is 0.401. The summed E-state index contributed by atoms with van der Waals surface area (Å²) in [6.07, 6.45) is -3.21. The molecule has 0 radical (unpaired) electrons. The number of alkyl halides is 3. The molecule has 154 valence electrons. The number of fused-ring (bicyclic) bond motifs is 4. The van der Waals surface area contributed by atoms with E-state index >= 15 is 4.39 Å². The lowest BCUT2D eigenvalue weighted by atomic mass is 9.91. The van der Waals surface area contributed by atoms with Crippen LogP contribution in [0.4, 0.5) is 23.2 Å². The number of nitrogens with zero attached hydrogens (tertiary/aromatic N) is 3. The molecule has 0 unspecified atom stereocenters. The topological polar surface area (TPSA) is 58.5 Å². The number of aromatic amines is 1. The Morgan fingerprint density at radius 2 is 1.87 bits per heavy atom. The average Bonchev–Trinajstić information content (AvgIpc) is 3.27. The summed E-state index contributed by atoms with van der Waals surface area (Å²) in [6.45, 7) is 5.10. The molecule has 2 N–H and O–H groups in total. The van der Waals surface area contributed by atoms with Crippen molar-refractivity contribution in [3.8, 4) is 16.8 Å². The van der Waals surface area contributed by atoms with E-state index in [0.717, 1.165) is 6.07 Å². The summed E-state index contributed by atoms with van der Waals surface area (Å²) in [5.41, 5.74) is -1.73. The van der Waals surface area contributed by atoms with E-state index in [0.29, 0.717) is 22.6 Å². The number of aryl methyl sites for hydroxylation is 1. The van der Waals surface area contributed by atoms with E-state index in [-0.39, 0.29) is 16.9 Å². The van der Waals surface area contributed by atoms with Gasteiger partial charge in [0, 0.05) is 22.7 Å². The maximum Gasteiger partial charge on any atom is 0.419 e. The normalized spacial score (nSPS) is 15.0. The number of H-pyrrole nitrogens is 1. The third-order valence-corrected chi connectivity index (χ3v) is 5.45. The molecule has 0 bridgehead atoms. The third kappa shape index (κ3) is 2.47. The lowest BCUT2D eigenvalue weighted by Gasteiger charge is -2.36. The number of hydrogen-bond acceptors (Lipinski definition) is 3. The summed E-state index contributed by atoms with van der Waals surface area (Å²) in [7, 11) is 0. The molecular formula is C21H17F4N5. The van der Waals surface area contributed by atoms with Crippen molar-refractivity contribution < 1.29 is 17.6 Å². The van der Waals surface area contributed by atoms with Crippen LogP contribution in [-0.2, 0) is 11.7 Å². The second-order valence-corrected chi connectivity index (χ2v) is 7.90. The highest BCUT2D eigenvalue weighted by molar-refractivity contribution is 5.97. The fourth-order valence-corrected chi connectivity index (χ4v) is 4.24. The highest BCUT2D eigenvalue weighted by Gasteiger charge is 2.45. The van der Waals surface area contributed by atoms with Gasteiger partial charge in [-0.1, -0.05) is 12.1 Å². The molecule has 2 aromatic carbocycles. The molecule has 9 heteroatoms. The first-order valence-electron chi connectivity index (χ1n) is 9.31. The van der Waals surface area contributed by atoms with Crippen LogP contribution in [0.1, 0.15) is 31.1 Å². The Hall–Kier alpha value is -3.36. The van der Waals surface area contributed by atoms with Gasteiger partial charge in [-0.2, -0.15) is 13.2 Å². The van der Waals surface area contributed by atoms with Crippen molar-refractivity contribution in [3.05, 3.63) is 59.6 Å². The molecule has 30 heavy (non-hydrogen) atoms. The predicted molar refractivity (Wildman–Crippen MR) is 105 cm³/mol. The molecule has 0 fully saturated rings. The highest BCUT2D eigenvalue weighted by Crippen LogP contribution is 2.49. The summed E-state index contributed by atoms with van der Waals surface area (Å²) in [5.74, 6) is -0.327. The first-order valence-corrected chi connectivity index (χ1v) is 9.31. The number of nitrogens with one attached hydrogen (secondary N) is 2. The van der Waals surface area contributed by atoms with Gasteiger partial charge in [0.15, 0.2) is 5.82 Å². The zero-order valence-corrected chi connectivity index (χ0v) is 16.3. The van der Waals surface area contributed by atoms with Gasteiger partial charge in [-0.05, 0) is 44.5 Å². The number of benzene rings is 2. The second-order valence-electron chi connectivity index (χ2n) is 7.90. The molecule has 5 rings (SSSR count). The van der Waals surface area contributed by atoms with E-state index in [1.807, 2.05) is 0 Å². The van der Waals surface area contributed by atoms with Gasteiger partial charge < -0.3 is 10.3 Å². The predicted octanol–water partition coefficient (Wildman–Crippen LogP) is 5.54. The molecule has 0 amide bonds. The van der Waals surface area contributed by atoms with Crippen molar-refractivity contribution in [2.75, 3.05) is 5.32 Å². The zero-order chi connectivity index (χ0) is 21.4. The van der Waals surface area contributed by atoms with Gasteiger partial charge in [0.1, 0.15) is 11.6 Å². The Kier molecular flexibility index (Phi) is 3.63. The molecule has 5 nitrogen and oxygen atoms in total. The molecule has 3 heterocycles. The molecular weight excluding hydrogens is 398 g/mol. The Morgan fingerprint density at radius 3 is 2.60 bits per heavy atom. The molecule has 0 spiro atoms. The number of anilines is 1. The van der Waals surface area contributed by atoms with Crippen molar-refractivity contribution in [2.24, 2.45) is 0 Å². The van der Waals surface area contributed by atoms with E-state index in [2.05, 4.69) is 20.5 Å². The molecule has 4 aromatic rings. The second kappa shape index (κ2) is 5.84. The first kappa shape index (κ1) is 18.7. The summed E-state index contributed by atoms with van der Waals surface area (Å²) >= 11 is 0. The number of rotatable bonds is 1. The largest absolute Gasteiger partial charge is 0.419 e. The molecule has 0 atom stereocenters. The minimum absolute atomic E-state index is 0.0465. The van der Waals surface area contributed by atoms with Gasteiger partial charge in [-0.25, -0.2) is 4.39 Å². The Morgan fingerprint density at radius 1 is 1.10 bits per heavy atom. The van der Waals surface area contributed by atoms with Crippen LogP contribution in [0, 0.1) is 12.7 Å². The highest BCUT2D eigenvalue weighted by atomic mass is 19.4. The fraction of sp³-hybridized carbons (Fsp3) is 0.238. The van der Waals surface area contributed by atoms with E-state index < -0.39 is 28.7 Å². The summed E-state index contributed by atoms with van der Waals surface area (Å²) < 4.78 is 60.2. The average molecular weight is 415 g/mol. The third-order valence-electron chi connectivity index (χ3n) is 5.45. The molecule has 0 saturated heterocycles. The lowest BCUT2D eigenvalue weighted by molar-refractivity contribution is -0.137. The van der Waals surface area contributed by atoms with Gasteiger partial charge in [0.05, 0.1) is 22.5 Å². The van der Waals surface area contributed by atoms with E-state index in [4.69, 9.17) is 0 Å². The SMILES string of the molecule is Cc1nnc2n1-c1c(cc(F)c(-c3cccc4[nH]ccc34)c1C(F)(F)F)NC2(C)C. The van der Waals surface area contributed by atoms with Gasteiger partial charge in [0.2, 0.25) is 0 Å². The smallest absolute Gasteiger partial charge is 0.371 e. The van der Waals surface area contributed by atoms with Crippen molar-refractivity contribution in [1.29, 1.82) is 0 Å². The Bertz CT molecular complexity index is 1310. The molecule has 0 aliphatic carbocycles. The van der Waals surface area contributed by atoms with Crippen LogP contribution in [0.3, 0.4) is 0 Å². The van der Waals surface area contributed by atoms with Gasteiger partial charge in [0.25, 0.3) is 0 Å². The van der Waals surface area contributed by atoms with Crippen molar-refractivity contribution in [1.82, 2.24) is 19.7 Å². The van der Waals surface area contributed by atoms with Crippen LogP contribution < -0.4 is 5.32 Å². The first-order chi connectivity index (χ1) is 14.1. The monoisotopic (exact) mass is 415 g/mol. The summed E-state index contributed by atoms with van der Waals surface area (Å²) in [4.78, 5) is 2.96. The van der Waals surface area contributed by atoms with E-state index in [1.165, 1.54) is 10.6 Å². The van der Waals surface area contributed by atoms with Crippen LogP contribution >= 0.6 is 0 Å². The standard InChI is InChI=1S/C21H17F4N5/c1-10-28-29-19-20(2,3)27-15-9-13(22)16(17(21(23,24)25)18(15)30(10)19)12-5-4-6-14-11(12)7-8-26-14/h4-9,26-27H,1-3H3. The van der Waals surface area contributed by atoms with Gasteiger partial charge in [-0.15, -0.1) is 10.2 Å². The summed E-state index contributed by atoms with van der Waals surface area (Å²) in [5, 5.41) is 11.6. The molecule has 2 aromatic heterocycles. The van der Waals surface area contributed by atoms with Crippen LogP contribution in [-0.4, -0.2) is 19.7 Å². The maximum absolute atomic E-state index is 15.4. The van der Waals surface area contributed by atoms with Gasteiger partial charge >= 0.3 is 6.18 Å². The number of halogens is 4. The van der Waals surface area contributed by atoms with Crippen molar-refractivity contribution >= 4 is 16.6 Å². The van der Waals surface area contributed by atoms with Gasteiger partial charge in [-0.3, -0.25) is 4.57 Å². The molecule has 1 aliphatic heterocycles. The van der Waals surface area contributed by atoms with Crippen LogP contribution in [0.5, 0.6) is 0 Å². The minimum Gasteiger partial charge on any atom is -0.371 e. The fourth-order valence-electron chi connectivity index (χ4n) is 4.24. The summed E-state index contributed by atoms with van der Waals surface area (Å²) in [6, 6.07) is 7.59. The molecule has 1 aliphatic rings. The van der Waals surface area contributed by atoms with Crippen LogP contribution in [0.2, 0.25) is 0 Å². The van der Waals surface area contributed by atoms with Crippen molar-refractivity contribution in [3.63, 3.8) is 0 Å². The maximum atomic E-state index is 15.4. The zero-order valence-electron chi connectivity index (χ0n) is 16.3. The minimum atomic E-state index is -4.82. The van der Waals surface area contributed by atoms with Crippen molar-refractivity contribution in [2.45, 2.75) is 32.5 Å². The Balaban J connectivity index is 1.96.